The number of ether oxygens (including phenoxy) is 1. The first-order valence-corrected chi connectivity index (χ1v) is 13.5. The molecule has 2 heterocycles. The molecule has 0 saturated carbocycles. The SMILES string of the molecule is CC(C)(C)OC(=O)N1CCN(C(=O)c2ccc(N/C(=C3\C(=O)Nc4cc(Cl)ccc43)c3ccccc3)cc2)CC1. The highest BCUT2D eigenvalue weighted by molar-refractivity contribution is 6.38. The van der Waals surface area contributed by atoms with Gasteiger partial charge < -0.3 is 25.2 Å². The van der Waals surface area contributed by atoms with Crippen LogP contribution in [0.5, 0.6) is 0 Å². The molecule has 3 amide bonds. The molecule has 40 heavy (non-hydrogen) atoms. The molecule has 206 valence electrons. The lowest BCUT2D eigenvalue weighted by atomic mass is 10.00. The number of nitrogens with zero attached hydrogens (tertiary/aromatic N) is 2. The van der Waals surface area contributed by atoms with Crippen molar-refractivity contribution >= 4 is 52.2 Å². The van der Waals surface area contributed by atoms with Crippen molar-refractivity contribution in [3.05, 3.63) is 94.5 Å². The Labute approximate surface area is 238 Å². The molecule has 2 N–H and O–H groups in total. The number of anilines is 2. The van der Waals surface area contributed by atoms with Crippen molar-refractivity contribution < 1.29 is 19.1 Å². The van der Waals surface area contributed by atoms with Gasteiger partial charge in [0.25, 0.3) is 11.8 Å². The van der Waals surface area contributed by atoms with Gasteiger partial charge in [-0.2, -0.15) is 0 Å². The molecule has 0 bridgehead atoms. The molecule has 2 aliphatic rings. The van der Waals surface area contributed by atoms with E-state index in [9.17, 15) is 14.4 Å². The van der Waals surface area contributed by atoms with Gasteiger partial charge in [0.2, 0.25) is 0 Å². The molecule has 5 rings (SSSR count). The van der Waals surface area contributed by atoms with Crippen molar-refractivity contribution in [2.24, 2.45) is 0 Å². The Morgan fingerprint density at radius 1 is 0.875 bits per heavy atom. The first-order chi connectivity index (χ1) is 19.1. The summed E-state index contributed by atoms with van der Waals surface area (Å²) in [6.07, 6.45) is -0.361. The van der Waals surface area contributed by atoms with Gasteiger partial charge in [-0.05, 0) is 62.7 Å². The Balaban J connectivity index is 1.33. The molecule has 0 spiro atoms. The maximum atomic E-state index is 13.2. The van der Waals surface area contributed by atoms with E-state index in [0.29, 0.717) is 53.7 Å². The van der Waals surface area contributed by atoms with Gasteiger partial charge in [-0.25, -0.2) is 4.79 Å². The third-order valence-corrected chi connectivity index (χ3v) is 6.89. The van der Waals surface area contributed by atoms with Gasteiger partial charge in [-0.15, -0.1) is 0 Å². The average Bonchev–Trinajstić information content (AvgIpc) is 3.25. The Morgan fingerprint density at radius 3 is 2.17 bits per heavy atom. The van der Waals surface area contributed by atoms with Crippen molar-refractivity contribution in [3.8, 4) is 0 Å². The molecule has 3 aromatic carbocycles. The monoisotopic (exact) mass is 558 g/mol. The second-order valence-electron chi connectivity index (χ2n) is 10.7. The van der Waals surface area contributed by atoms with E-state index < -0.39 is 5.60 Å². The molecule has 0 aliphatic carbocycles. The molecular formula is C31H31ClN4O4. The minimum absolute atomic E-state index is 0.0991. The van der Waals surface area contributed by atoms with E-state index in [1.54, 1.807) is 34.1 Å². The zero-order chi connectivity index (χ0) is 28.4. The van der Waals surface area contributed by atoms with Crippen LogP contribution in [0, 0.1) is 0 Å². The third kappa shape index (κ3) is 5.97. The third-order valence-electron chi connectivity index (χ3n) is 6.66. The van der Waals surface area contributed by atoms with Crippen LogP contribution in [-0.2, 0) is 9.53 Å². The van der Waals surface area contributed by atoms with E-state index in [-0.39, 0.29) is 17.9 Å². The maximum absolute atomic E-state index is 13.2. The second kappa shape index (κ2) is 11.1. The molecule has 0 aromatic heterocycles. The standard InChI is InChI=1S/C31H31ClN4O4/c1-31(2,3)40-30(39)36-17-15-35(16-18-36)29(38)21-9-12-23(13-10-21)33-27(20-7-5-4-6-8-20)26-24-14-11-22(32)19-25(24)34-28(26)37/h4-14,19,33H,15-18H2,1-3H3,(H,34,37)/b27-26-. The summed E-state index contributed by atoms with van der Waals surface area (Å²) in [4.78, 5) is 42.0. The summed E-state index contributed by atoms with van der Waals surface area (Å²) in [7, 11) is 0. The number of rotatable bonds is 4. The summed E-state index contributed by atoms with van der Waals surface area (Å²) in [5.74, 6) is -0.320. The number of hydrogen-bond acceptors (Lipinski definition) is 5. The normalized spacial score (nSPS) is 16.2. The predicted molar refractivity (Wildman–Crippen MR) is 157 cm³/mol. The van der Waals surface area contributed by atoms with Gasteiger partial charge >= 0.3 is 6.09 Å². The number of benzene rings is 3. The largest absolute Gasteiger partial charge is 0.444 e. The van der Waals surface area contributed by atoms with E-state index in [4.69, 9.17) is 16.3 Å². The Bertz CT molecular complexity index is 1470. The van der Waals surface area contributed by atoms with Gasteiger partial charge in [0, 0.05) is 48.0 Å². The number of piperazine rings is 1. The van der Waals surface area contributed by atoms with E-state index in [0.717, 1.165) is 16.8 Å². The maximum Gasteiger partial charge on any atom is 0.410 e. The van der Waals surface area contributed by atoms with E-state index in [1.165, 1.54) is 0 Å². The van der Waals surface area contributed by atoms with Gasteiger partial charge in [-0.1, -0.05) is 48.0 Å². The number of carbonyl (C=O) groups is 3. The number of hydrogen-bond donors (Lipinski definition) is 2. The fraction of sp³-hybridized carbons (Fsp3) is 0.258. The molecule has 1 fully saturated rings. The molecule has 9 heteroatoms. The summed E-state index contributed by atoms with van der Waals surface area (Å²) in [5, 5.41) is 6.85. The highest BCUT2D eigenvalue weighted by Gasteiger charge is 2.30. The average molecular weight is 559 g/mol. The lowest BCUT2D eigenvalue weighted by Crippen LogP contribution is -2.51. The lowest BCUT2D eigenvalue weighted by Gasteiger charge is -2.35. The predicted octanol–water partition coefficient (Wildman–Crippen LogP) is 5.97. The first-order valence-electron chi connectivity index (χ1n) is 13.1. The van der Waals surface area contributed by atoms with Crippen molar-refractivity contribution in [2.75, 3.05) is 36.8 Å². The van der Waals surface area contributed by atoms with Crippen LogP contribution in [0.1, 0.15) is 42.3 Å². The smallest absolute Gasteiger partial charge is 0.410 e. The van der Waals surface area contributed by atoms with E-state index in [1.807, 2.05) is 69.3 Å². The fourth-order valence-corrected chi connectivity index (χ4v) is 4.89. The molecule has 0 radical (unpaired) electrons. The zero-order valence-electron chi connectivity index (χ0n) is 22.7. The quantitative estimate of drug-likeness (QED) is 0.385. The molecular weight excluding hydrogens is 528 g/mol. The summed E-state index contributed by atoms with van der Waals surface area (Å²) in [6, 6.07) is 22.1. The second-order valence-corrected chi connectivity index (χ2v) is 11.2. The topological polar surface area (TPSA) is 91.0 Å². The van der Waals surface area contributed by atoms with Crippen LogP contribution < -0.4 is 10.6 Å². The number of nitrogens with one attached hydrogen (secondary N) is 2. The number of fused-ring (bicyclic) bond motifs is 1. The summed E-state index contributed by atoms with van der Waals surface area (Å²) in [5.41, 5.74) is 4.15. The van der Waals surface area contributed by atoms with Gasteiger partial charge in [-0.3, -0.25) is 9.59 Å². The highest BCUT2D eigenvalue weighted by atomic mass is 35.5. The Hall–Kier alpha value is -4.30. The summed E-state index contributed by atoms with van der Waals surface area (Å²) in [6.45, 7) is 7.20. The highest BCUT2D eigenvalue weighted by Crippen LogP contribution is 2.38. The van der Waals surface area contributed by atoms with Crippen molar-refractivity contribution in [3.63, 3.8) is 0 Å². The van der Waals surface area contributed by atoms with Crippen LogP contribution >= 0.6 is 11.6 Å². The van der Waals surface area contributed by atoms with Crippen molar-refractivity contribution in [2.45, 2.75) is 26.4 Å². The molecule has 1 saturated heterocycles. The summed E-state index contributed by atoms with van der Waals surface area (Å²) < 4.78 is 5.44. The fourth-order valence-electron chi connectivity index (χ4n) is 4.72. The van der Waals surface area contributed by atoms with Crippen LogP contribution in [-0.4, -0.2) is 59.5 Å². The van der Waals surface area contributed by atoms with Crippen molar-refractivity contribution in [1.82, 2.24) is 9.80 Å². The first kappa shape index (κ1) is 27.3. The van der Waals surface area contributed by atoms with Crippen LogP contribution in [0.4, 0.5) is 16.2 Å². The lowest BCUT2D eigenvalue weighted by molar-refractivity contribution is -0.110. The zero-order valence-corrected chi connectivity index (χ0v) is 23.4. The van der Waals surface area contributed by atoms with Gasteiger partial charge in [0.1, 0.15) is 5.60 Å². The van der Waals surface area contributed by atoms with Crippen LogP contribution in [0.25, 0.3) is 11.3 Å². The number of carbonyl (C=O) groups excluding carboxylic acids is 3. The minimum Gasteiger partial charge on any atom is -0.444 e. The van der Waals surface area contributed by atoms with E-state index >= 15 is 0 Å². The number of halogens is 1. The molecule has 8 nitrogen and oxygen atoms in total. The minimum atomic E-state index is -0.561. The molecule has 0 atom stereocenters. The van der Waals surface area contributed by atoms with Crippen LogP contribution in [0.15, 0.2) is 72.8 Å². The number of amides is 3. The van der Waals surface area contributed by atoms with Crippen LogP contribution in [0.2, 0.25) is 5.02 Å². The molecule has 2 aliphatic heterocycles. The molecule has 0 unspecified atom stereocenters. The van der Waals surface area contributed by atoms with E-state index in [2.05, 4.69) is 10.6 Å². The Kier molecular flexibility index (Phi) is 7.54. The van der Waals surface area contributed by atoms with Crippen LogP contribution in [0.3, 0.4) is 0 Å². The Morgan fingerprint density at radius 2 is 1.52 bits per heavy atom. The van der Waals surface area contributed by atoms with Gasteiger partial charge in [0.15, 0.2) is 0 Å². The van der Waals surface area contributed by atoms with Gasteiger partial charge in [0.05, 0.1) is 17.0 Å². The van der Waals surface area contributed by atoms with Crippen molar-refractivity contribution in [1.29, 1.82) is 0 Å². The summed E-state index contributed by atoms with van der Waals surface area (Å²) >= 11 is 6.15. The molecule has 3 aromatic rings.